The zero-order chi connectivity index (χ0) is 7.56. The Bertz CT molecular complexity index is 194. The highest BCUT2D eigenvalue weighted by molar-refractivity contribution is 9.11. The van der Waals surface area contributed by atoms with Crippen molar-refractivity contribution in [2.45, 2.75) is 11.2 Å². The van der Waals surface area contributed by atoms with E-state index in [0.29, 0.717) is 10.8 Å². The first-order valence-corrected chi connectivity index (χ1v) is 4.72. The molecule has 0 saturated carbocycles. The van der Waals surface area contributed by atoms with Crippen molar-refractivity contribution in [2.24, 2.45) is 0 Å². The van der Waals surface area contributed by atoms with E-state index in [-0.39, 0.29) is 0 Å². The topological polar surface area (TPSA) is 3.24 Å². The molecule has 10 heavy (non-hydrogen) atoms. The summed E-state index contributed by atoms with van der Waals surface area (Å²) in [5, 5.41) is 0. The number of allylic oxidation sites excluding steroid dienone is 1. The average Bonchev–Trinajstić information content (AvgIpc) is 2.13. The Morgan fingerprint density at radius 2 is 2.70 bits per heavy atom. The van der Waals surface area contributed by atoms with E-state index >= 15 is 0 Å². The standard InChI is InChI=1S/C7H8BrNS/c1-3-4-9-5-6(2)10-7(9)8/h1,5,7H,4H2,2H3. The summed E-state index contributed by atoms with van der Waals surface area (Å²) in [6, 6.07) is 0. The third-order valence-electron chi connectivity index (χ3n) is 1.17. The largest absolute Gasteiger partial charge is 0.344 e. The molecule has 3 heteroatoms. The maximum Gasteiger partial charge on any atom is 0.136 e. The number of halogens is 1. The predicted molar refractivity (Wildman–Crippen MR) is 49.6 cm³/mol. The smallest absolute Gasteiger partial charge is 0.136 e. The van der Waals surface area contributed by atoms with Crippen LogP contribution in [0, 0.1) is 12.3 Å². The first kappa shape index (κ1) is 8.03. The molecule has 1 rings (SSSR count). The van der Waals surface area contributed by atoms with Gasteiger partial charge in [-0.2, -0.15) is 0 Å². The number of alkyl halides is 1. The number of thioether (sulfide) groups is 1. The van der Waals surface area contributed by atoms with Crippen molar-refractivity contribution in [1.29, 1.82) is 0 Å². The molecule has 1 atom stereocenters. The summed E-state index contributed by atoms with van der Waals surface area (Å²) in [6.07, 6.45) is 7.24. The van der Waals surface area contributed by atoms with Crippen LogP contribution in [0.3, 0.4) is 0 Å². The highest BCUT2D eigenvalue weighted by Crippen LogP contribution is 2.35. The van der Waals surface area contributed by atoms with Gasteiger partial charge in [-0.1, -0.05) is 33.6 Å². The first-order chi connectivity index (χ1) is 4.74. The van der Waals surface area contributed by atoms with Crippen molar-refractivity contribution in [3.63, 3.8) is 0 Å². The van der Waals surface area contributed by atoms with Crippen LogP contribution in [0.4, 0.5) is 0 Å². The minimum absolute atomic E-state index is 0.337. The number of hydrogen-bond donors (Lipinski definition) is 0. The molecule has 0 saturated heterocycles. The van der Waals surface area contributed by atoms with Gasteiger partial charge in [-0.25, -0.2) is 0 Å². The van der Waals surface area contributed by atoms with Crippen LogP contribution in [0.2, 0.25) is 0 Å². The van der Waals surface area contributed by atoms with Gasteiger partial charge in [0, 0.05) is 11.1 Å². The predicted octanol–water partition coefficient (Wildman–Crippen LogP) is 2.21. The number of hydrogen-bond acceptors (Lipinski definition) is 2. The summed E-state index contributed by atoms with van der Waals surface area (Å²) < 4.78 is 0.337. The Morgan fingerprint density at radius 3 is 3.10 bits per heavy atom. The van der Waals surface area contributed by atoms with Crippen molar-refractivity contribution in [2.75, 3.05) is 6.54 Å². The minimum atomic E-state index is 0.337. The van der Waals surface area contributed by atoms with Crippen LogP contribution in [0.15, 0.2) is 11.1 Å². The van der Waals surface area contributed by atoms with Crippen LogP contribution in [0.25, 0.3) is 0 Å². The molecule has 1 aliphatic heterocycles. The van der Waals surface area contributed by atoms with Crippen molar-refractivity contribution in [3.05, 3.63) is 11.1 Å². The molecule has 0 aromatic carbocycles. The lowest BCUT2D eigenvalue weighted by molar-refractivity contribution is 0.486. The molecule has 0 bridgehead atoms. The maximum absolute atomic E-state index is 5.16. The molecular formula is C7H8BrNS. The van der Waals surface area contributed by atoms with Gasteiger partial charge in [0.05, 0.1) is 6.54 Å². The van der Waals surface area contributed by atoms with Crippen LogP contribution in [-0.2, 0) is 0 Å². The molecule has 54 valence electrons. The molecule has 1 aliphatic rings. The second kappa shape index (κ2) is 3.36. The van der Waals surface area contributed by atoms with Crippen LogP contribution in [0.1, 0.15) is 6.92 Å². The van der Waals surface area contributed by atoms with Crippen molar-refractivity contribution in [3.8, 4) is 12.3 Å². The molecule has 0 aliphatic carbocycles. The van der Waals surface area contributed by atoms with E-state index in [4.69, 9.17) is 6.42 Å². The second-order valence-electron chi connectivity index (χ2n) is 2.03. The summed E-state index contributed by atoms with van der Waals surface area (Å²) in [7, 11) is 0. The zero-order valence-corrected chi connectivity index (χ0v) is 8.08. The van der Waals surface area contributed by atoms with Gasteiger partial charge >= 0.3 is 0 Å². The Labute approximate surface area is 74.0 Å². The number of rotatable bonds is 1. The highest BCUT2D eigenvalue weighted by atomic mass is 79.9. The molecule has 1 heterocycles. The molecule has 0 amide bonds. The summed E-state index contributed by atoms with van der Waals surface area (Å²) in [5.41, 5.74) is 0. The first-order valence-electron chi connectivity index (χ1n) is 2.92. The summed E-state index contributed by atoms with van der Waals surface area (Å²) in [4.78, 5) is 3.39. The van der Waals surface area contributed by atoms with Crippen LogP contribution < -0.4 is 0 Å². The fourth-order valence-corrected chi connectivity index (χ4v) is 2.69. The Hall–Kier alpha value is -0.0700. The van der Waals surface area contributed by atoms with E-state index in [9.17, 15) is 0 Å². The second-order valence-corrected chi connectivity index (χ2v) is 4.83. The fourth-order valence-electron chi connectivity index (χ4n) is 0.766. The van der Waals surface area contributed by atoms with Gasteiger partial charge in [0.1, 0.15) is 4.28 Å². The monoisotopic (exact) mass is 217 g/mol. The van der Waals surface area contributed by atoms with Gasteiger partial charge in [-0.15, -0.1) is 6.42 Å². The van der Waals surface area contributed by atoms with Gasteiger partial charge in [0.25, 0.3) is 0 Å². The van der Waals surface area contributed by atoms with E-state index in [0.717, 1.165) is 0 Å². The molecule has 0 aromatic heterocycles. The van der Waals surface area contributed by atoms with Gasteiger partial charge < -0.3 is 4.90 Å². The lowest BCUT2D eigenvalue weighted by Crippen LogP contribution is -2.19. The Morgan fingerprint density at radius 1 is 2.00 bits per heavy atom. The van der Waals surface area contributed by atoms with Crippen LogP contribution in [0.5, 0.6) is 0 Å². The van der Waals surface area contributed by atoms with Gasteiger partial charge in [-0.3, -0.25) is 0 Å². The third kappa shape index (κ3) is 1.71. The molecule has 0 aromatic rings. The Kier molecular flexibility index (Phi) is 2.70. The third-order valence-corrected chi connectivity index (χ3v) is 3.19. The lowest BCUT2D eigenvalue weighted by atomic mass is 10.6. The number of terminal acetylenes is 1. The van der Waals surface area contributed by atoms with Crippen LogP contribution in [-0.4, -0.2) is 15.7 Å². The molecule has 1 unspecified atom stereocenters. The quantitative estimate of drug-likeness (QED) is 0.377. The zero-order valence-electron chi connectivity index (χ0n) is 5.67. The van der Waals surface area contributed by atoms with E-state index in [1.54, 1.807) is 11.8 Å². The fraction of sp³-hybridized carbons (Fsp3) is 0.429. The summed E-state index contributed by atoms with van der Waals surface area (Å²) in [5.74, 6) is 2.60. The average molecular weight is 218 g/mol. The van der Waals surface area contributed by atoms with Crippen molar-refractivity contribution in [1.82, 2.24) is 4.90 Å². The Balaban J connectivity index is 2.54. The summed E-state index contributed by atoms with van der Waals surface area (Å²) in [6.45, 7) is 2.76. The van der Waals surface area contributed by atoms with E-state index in [2.05, 4.69) is 39.9 Å². The van der Waals surface area contributed by atoms with Gasteiger partial charge in [-0.05, 0) is 6.92 Å². The molecule has 0 radical (unpaired) electrons. The molecule has 0 spiro atoms. The van der Waals surface area contributed by atoms with E-state index in [1.807, 2.05) is 0 Å². The van der Waals surface area contributed by atoms with E-state index < -0.39 is 0 Å². The summed E-state index contributed by atoms with van der Waals surface area (Å²) >= 11 is 5.26. The van der Waals surface area contributed by atoms with E-state index in [1.165, 1.54) is 4.91 Å². The van der Waals surface area contributed by atoms with Gasteiger partial charge in [0.2, 0.25) is 0 Å². The van der Waals surface area contributed by atoms with Crippen LogP contribution >= 0.6 is 27.7 Å². The number of nitrogens with zero attached hydrogens (tertiary/aromatic N) is 1. The molecule has 1 nitrogen and oxygen atoms in total. The molecule has 0 fully saturated rings. The normalized spacial score (nSPS) is 24.3. The minimum Gasteiger partial charge on any atom is -0.344 e. The highest BCUT2D eigenvalue weighted by Gasteiger charge is 2.18. The van der Waals surface area contributed by atoms with Crippen molar-refractivity contribution < 1.29 is 0 Å². The lowest BCUT2D eigenvalue weighted by Gasteiger charge is -2.15. The molecule has 0 N–H and O–H groups in total. The SMILES string of the molecule is C#CCN1C=C(C)SC1Br. The van der Waals surface area contributed by atoms with Gasteiger partial charge in [0.15, 0.2) is 0 Å². The molecular weight excluding hydrogens is 210 g/mol. The van der Waals surface area contributed by atoms with Crippen molar-refractivity contribution >= 4 is 27.7 Å². The maximum atomic E-state index is 5.16.